The van der Waals surface area contributed by atoms with E-state index in [4.69, 9.17) is 9.47 Å². The third kappa shape index (κ3) is 4.46. The zero-order valence-corrected chi connectivity index (χ0v) is 17.7. The molecule has 2 unspecified atom stereocenters. The normalized spacial score (nSPS) is 23.5. The molecule has 6 nitrogen and oxygen atoms in total. The molecule has 2 aliphatic heterocycles. The van der Waals surface area contributed by atoms with Gasteiger partial charge in [-0.2, -0.15) is 0 Å². The molecule has 1 aromatic carbocycles. The lowest BCUT2D eigenvalue weighted by atomic mass is 9.99. The predicted molar refractivity (Wildman–Crippen MR) is 110 cm³/mol. The average molecular weight is 413 g/mol. The molecule has 0 aliphatic carbocycles. The number of benzene rings is 1. The summed E-state index contributed by atoms with van der Waals surface area (Å²) in [6, 6.07) is 5.17. The molecular weight excluding hydrogens is 385 g/mol. The number of hydrogen-bond donors (Lipinski definition) is 0. The van der Waals surface area contributed by atoms with Crippen LogP contribution in [-0.4, -0.2) is 44.7 Å². The van der Waals surface area contributed by atoms with Gasteiger partial charge in [-0.05, 0) is 52.5 Å². The molecule has 160 valence electrons. The van der Waals surface area contributed by atoms with Crippen LogP contribution in [0.5, 0.6) is 0 Å². The number of ether oxygens (including phenoxy) is 2. The Labute approximate surface area is 176 Å². The molecule has 1 aromatic heterocycles. The quantitative estimate of drug-likeness (QED) is 0.725. The molecule has 2 fully saturated rings. The number of halogens is 1. The van der Waals surface area contributed by atoms with Crippen molar-refractivity contribution in [3.05, 3.63) is 48.2 Å². The van der Waals surface area contributed by atoms with Gasteiger partial charge in [0.2, 0.25) is 0 Å². The minimum absolute atomic E-state index is 0.0181. The van der Waals surface area contributed by atoms with Crippen LogP contribution in [0.15, 0.2) is 36.8 Å². The van der Waals surface area contributed by atoms with Gasteiger partial charge in [0.15, 0.2) is 0 Å². The molecule has 30 heavy (non-hydrogen) atoms. The van der Waals surface area contributed by atoms with E-state index >= 15 is 0 Å². The summed E-state index contributed by atoms with van der Waals surface area (Å²) in [5, 5.41) is 0. The Bertz CT molecular complexity index is 886. The largest absolute Gasteiger partial charge is 0.444 e. The monoisotopic (exact) mass is 413 g/mol. The smallest absolute Gasteiger partial charge is 0.410 e. The van der Waals surface area contributed by atoms with Gasteiger partial charge in [0.05, 0.1) is 24.6 Å². The van der Waals surface area contributed by atoms with Gasteiger partial charge in [0.25, 0.3) is 0 Å². The van der Waals surface area contributed by atoms with E-state index in [1.807, 2.05) is 31.7 Å². The molecule has 0 saturated carbocycles. The van der Waals surface area contributed by atoms with E-state index in [0.29, 0.717) is 16.8 Å². The Kier molecular flexibility index (Phi) is 5.73. The highest BCUT2D eigenvalue weighted by atomic mass is 19.1. The Balaban J connectivity index is 1.43. The molecule has 4 rings (SSSR count). The van der Waals surface area contributed by atoms with E-state index in [9.17, 15) is 9.18 Å². The van der Waals surface area contributed by atoms with E-state index in [1.165, 1.54) is 6.07 Å². The average Bonchev–Trinajstić information content (AvgIpc) is 2.97. The van der Waals surface area contributed by atoms with Crippen molar-refractivity contribution < 1.29 is 18.7 Å². The van der Waals surface area contributed by atoms with Gasteiger partial charge in [-0.3, -0.25) is 9.97 Å². The van der Waals surface area contributed by atoms with E-state index in [0.717, 1.165) is 25.7 Å². The van der Waals surface area contributed by atoms with Crippen LogP contribution in [-0.2, 0) is 16.1 Å². The lowest BCUT2D eigenvalue weighted by molar-refractivity contribution is -0.0400. The molecular formula is C23H28FN3O3. The standard InChI is InChI=1S/C23H28FN3O3/c1-23(2,3)30-22(28)27-15-7-8-16(27)12-17(11-15)29-14-19-18(5-4-6-20(19)24)21-13-25-9-10-26-21/h4-6,9-10,13,15-17H,7-8,11-12,14H2,1-3H3. The van der Waals surface area contributed by atoms with Crippen molar-refractivity contribution in [3.8, 4) is 11.3 Å². The molecule has 0 radical (unpaired) electrons. The fourth-order valence-electron chi connectivity index (χ4n) is 4.46. The van der Waals surface area contributed by atoms with Crippen molar-refractivity contribution in [2.45, 2.75) is 76.9 Å². The number of amides is 1. The molecule has 2 aromatic rings. The molecule has 3 heterocycles. The number of aromatic nitrogens is 2. The Morgan fingerprint density at radius 3 is 2.57 bits per heavy atom. The molecule has 2 aliphatic rings. The molecule has 7 heteroatoms. The predicted octanol–water partition coefficient (Wildman–Crippen LogP) is 4.73. The topological polar surface area (TPSA) is 64.5 Å². The maximum atomic E-state index is 14.6. The van der Waals surface area contributed by atoms with Crippen molar-refractivity contribution in [3.63, 3.8) is 0 Å². The van der Waals surface area contributed by atoms with Crippen molar-refractivity contribution in [2.24, 2.45) is 0 Å². The van der Waals surface area contributed by atoms with E-state index in [-0.39, 0.29) is 36.7 Å². The lowest BCUT2D eigenvalue weighted by Gasteiger charge is -2.39. The summed E-state index contributed by atoms with van der Waals surface area (Å²) in [7, 11) is 0. The lowest BCUT2D eigenvalue weighted by Crippen LogP contribution is -2.50. The van der Waals surface area contributed by atoms with Gasteiger partial charge in [0.1, 0.15) is 11.4 Å². The van der Waals surface area contributed by atoms with Crippen LogP contribution in [0.2, 0.25) is 0 Å². The summed E-state index contributed by atoms with van der Waals surface area (Å²) in [6.07, 6.45) is 7.93. The van der Waals surface area contributed by atoms with Gasteiger partial charge >= 0.3 is 6.09 Å². The van der Waals surface area contributed by atoms with Gasteiger partial charge in [-0.1, -0.05) is 12.1 Å². The first-order chi connectivity index (χ1) is 14.3. The van der Waals surface area contributed by atoms with E-state index in [1.54, 1.807) is 24.7 Å². The van der Waals surface area contributed by atoms with Crippen LogP contribution in [0.25, 0.3) is 11.3 Å². The highest BCUT2D eigenvalue weighted by Gasteiger charge is 2.45. The highest BCUT2D eigenvalue weighted by Crippen LogP contribution is 2.38. The first kappa shape index (κ1) is 20.7. The third-order valence-electron chi connectivity index (χ3n) is 5.72. The molecule has 2 atom stereocenters. The summed E-state index contributed by atoms with van der Waals surface area (Å²) in [6.45, 7) is 5.80. The van der Waals surface area contributed by atoms with Crippen molar-refractivity contribution >= 4 is 6.09 Å². The second kappa shape index (κ2) is 8.30. The maximum Gasteiger partial charge on any atom is 0.410 e. The minimum Gasteiger partial charge on any atom is -0.444 e. The summed E-state index contributed by atoms with van der Waals surface area (Å²) in [5.41, 5.74) is 1.29. The summed E-state index contributed by atoms with van der Waals surface area (Å²) >= 11 is 0. The van der Waals surface area contributed by atoms with Crippen molar-refractivity contribution in [1.29, 1.82) is 0 Å². The van der Waals surface area contributed by atoms with Crippen LogP contribution in [0.1, 0.15) is 52.0 Å². The maximum absolute atomic E-state index is 14.6. The third-order valence-corrected chi connectivity index (χ3v) is 5.72. The van der Waals surface area contributed by atoms with Crippen LogP contribution >= 0.6 is 0 Å². The van der Waals surface area contributed by atoms with Crippen LogP contribution in [0.3, 0.4) is 0 Å². The summed E-state index contributed by atoms with van der Waals surface area (Å²) in [4.78, 5) is 22.9. The molecule has 2 bridgehead atoms. The van der Waals surface area contributed by atoms with Gasteiger partial charge in [0, 0.05) is 35.6 Å². The highest BCUT2D eigenvalue weighted by molar-refractivity contribution is 5.69. The zero-order chi connectivity index (χ0) is 21.3. The second-order valence-electron chi connectivity index (χ2n) is 9.03. The fourth-order valence-corrected chi connectivity index (χ4v) is 4.46. The number of piperidine rings is 1. The number of carbonyl (C=O) groups excluding carboxylic acids is 1. The summed E-state index contributed by atoms with van der Waals surface area (Å²) in [5.74, 6) is -0.313. The van der Waals surface area contributed by atoms with Crippen molar-refractivity contribution in [1.82, 2.24) is 14.9 Å². The van der Waals surface area contributed by atoms with E-state index in [2.05, 4.69) is 9.97 Å². The zero-order valence-electron chi connectivity index (χ0n) is 17.7. The number of fused-ring (bicyclic) bond motifs is 2. The Morgan fingerprint density at radius 1 is 1.20 bits per heavy atom. The summed E-state index contributed by atoms with van der Waals surface area (Å²) < 4.78 is 26.3. The number of rotatable bonds is 4. The van der Waals surface area contributed by atoms with Gasteiger partial charge < -0.3 is 14.4 Å². The SMILES string of the molecule is CC(C)(C)OC(=O)N1C2CCC1CC(OCc1c(F)cccc1-c1cnccn1)C2. The minimum atomic E-state index is -0.508. The van der Waals surface area contributed by atoms with Crippen LogP contribution in [0.4, 0.5) is 9.18 Å². The molecule has 0 spiro atoms. The molecule has 0 N–H and O–H groups in total. The second-order valence-corrected chi connectivity index (χ2v) is 9.03. The number of carbonyl (C=O) groups is 1. The van der Waals surface area contributed by atoms with Crippen molar-refractivity contribution in [2.75, 3.05) is 0 Å². The Hall–Kier alpha value is -2.54. The Morgan fingerprint density at radius 2 is 1.93 bits per heavy atom. The molecule has 2 saturated heterocycles. The van der Waals surface area contributed by atoms with Gasteiger partial charge in [-0.15, -0.1) is 0 Å². The first-order valence-corrected chi connectivity index (χ1v) is 10.5. The van der Waals surface area contributed by atoms with E-state index < -0.39 is 5.60 Å². The number of hydrogen-bond acceptors (Lipinski definition) is 5. The molecule has 1 amide bonds. The van der Waals surface area contributed by atoms with Crippen LogP contribution < -0.4 is 0 Å². The van der Waals surface area contributed by atoms with Gasteiger partial charge in [-0.25, -0.2) is 9.18 Å². The number of nitrogens with zero attached hydrogens (tertiary/aromatic N) is 3. The fraction of sp³-hybridized carbons (Fsp3) is 0.522. The van der Waals surface area contributed by atoms with Crippen LogP contribution in [0, 0.1) is 5.82 Å². The first-order valence-electron chi connectivity index (χ1n) is 10.5.